The smallest absolute Gasteiger partial charge is 0.239 e. The molecule has 0 fully saturated rings. The van der Waals surface area contributed by atoms with Crippen molar-refractivity contribution in [3.8, 4) is 0 Å². The van der Waals surface area contributed by atoms with Crippen LogP contribution in [0.3, 0.4) is 0 Å². The normalized spacial score (nSPS) is 12.9. The van der Waals surface area contributed by atoms with E-state index in [0.717, 1.165) is 28.7 Å². The number of likely N-dealkylation sites (N-methyl/N-ethyl adjacent to an activating group) is 1. The first-order valence-corrected chi connectivity index (χ1v) is 7.45. The molecular formula is C17H24N2O2. The molecule has 2 N–H and O–H groups in total. The summed E-state index contributed by atoms with van der Waals surface area (Å²) in [5.41, 5.74) is 7.92. The van der Waals surface area contributed by atoms with E-state index in [1.165, 1.54) is 0 Å². The van der Waals surface area contributed by atoms with Crippen molar-refractivity contribution in [2.75, 3.05) is 7.05 Å². The molecule has 0 unspecified atom stereocenters. The van der Waals surface area contributed by atoms with Crippen molar-refractivity contribution in [2.24, 2.45) is 11.7 Å². The molecule has 0 bridgehead atoms. The Morgan fingerprint density at radius 3 is 2.62 bits per heavy atom. The molecule has 4 heteroatoms. The molecule has 0 aliphatic heterocycles. The van der Waals surface area contributed by atoms with Gasteiger partial charge in [0.1, 0.15) is 11.3 Å². The fourth-order valence-corrected chi connectivity index (χ4v) is 2.46. The fraction of sp³-hybridized carbons (Fsp3) is 0.471. The highest BCUT2D eigenvalue weighted by Gasteiger charge is 2.23. The van der Waals surface area contributed by atoms with E-state index in [-0.39, 0.29) is 11.8 Å². The predicted molar refractivity (Wildman–Crippen MR) is 84.9 cm³/mol. The van der Waals surface area contributed by atoms with Crippen LogP contribution in [0.4, 0.5) is 0 Å². The van der Waals surface area contributed by atoms with Crippen LogP contribution in [0.2, 0.25) is 0 Å². The molecule has 1 heterocycles. The van der Waals surface area contributed by atoms with Crippen molar-refractivity contribution in [3.63, 3.8) is 0 Å². The lowest BCUT2D eigenvalue weighted by Crippen LogP contribution is -2.44. The highest BCUT2D eigenvalue weighted by molar-refractivity contribution is 5.84. The highest BCUT2D eigenvalue weighted by atomic mass is 16.3. The van der Waals surface area contributed by atoms with Crippen molar-refractivity contribution < 1.29 is 9.21 Å². The monoisotopic (exact) mass is 288 g/mol. The summed E-state index contributed by atoms with van der Waals surface area (Å²) in [6.45, 7) is 6.50. The first-order valence-electron chi connectivity index (χ1n) is 7.45. The summed E-state index contributed by atoms with van der Waals surface area (Å²) in [7, 11) is 1.80. The summed E-state index contributed by atoms with van der Waals surface area (Å²) in [6.07, 6.45) is 0.808. The molecule has 0 spiro atoms. The van der Waals surface area contributed by atoms with Crippen LogP contribution in [0, 0.1) is 5.92 Å². The van der Waals surface area contributed by atoms with Gasteiger partial charge in [-0.3, -0.25) is 4.79 Å². The first-order chi connectivity index (χ1) is 9.95. The molecule has 2 rings (SSSR count). The number of amides is 1. The van der Waals surface area contributed by atoms with Gasteiger partial charge in [-0.15, -0.1) is 0 Å². The summed E-state index contributed by atoms with van der Waals surface area (Å²) < 4.78 is 5.87. The number of benzene rings is 1. The Bertz CT molecular complexity index is 631. The van der Waals surface area contributed by atoms with Gasteiger partial charge in [0.2, 0.25) is 5.91 Å². The SMILES string of the molecule is CCc1oc2ccccc2c1CN(C)C(=O)[C@@H](N)C(C)C. The van der Waals surface area contributed by atoms with E-state index in [0.29, 0.717) is 6.54 Å². The number of nitrogens with zero attached hydrogens (tertiary/aromatic N) is 1. The Morgan fingerprint density at radius 1 is 1.33 bits per heavy atom. The van der Waals surface area contributed by atoms with Gasteiger partial charge < -0.3 is 15.1 Å². The van der Waals surface area contributed by atoms with Gasteiger partial charge in [0, 0.05) is 31.0 Å². The zero-order chi connectivity index (χ0) is 15.6. The lowest BCUT2D eigenvalue weighted by molar-refractivity contribution is -0.132. The van der Waals surface area contributed by atoms with E-state index in [1.807, 2.05) is 38.1 Å². The summed E-state index contributed by atoms with van der Waals surface area (Å²) in [5.74, 6) is 1.04. The molecule has 4 nitrogen and oxygen atoms in total. The molecule has 114 valence electrons. The van der Waals surface area contributed by atoms with E-state index in [9.17, 15) is 4.79 Å². The van der Waals surface area contributed by atoms with Crippen molar-refractivity contribution in [2.45, 2.75) is 39.8 Å². The number of para-hydroxylation sites is 1. The minimum absolute atomic E-state index is 0.0302. The number of rotatable bonds is 5. The number of fused-ring (bicyclic) bond motifs is 1. The maximum absolute atomic E-state index is 12.3. The van der Waals surface area contributed by atoms with Gasteiger partial charge >= 0.3 is 0 Å². The lowest BCUT2D eigenvalue weighted by Gasteiger charge is -2.23. The molecule has 1 aromatic carbocycles. The van der Waals surface area contributed by atoms with Gasteiger partial charge in [-0.05, 0) is 12.0 Å². The molecular weight excluding hydrogens is 264 g/mol. The van der Waals surface area contributed by atoms with Crippen molar-refractivity contribution >= 4 is 16.9 Å². The molecule has 1 atom stereocenters. The van der Waals surface area contributed by atoms with E-state index < -0.39 is 6.04 Å². The third kappa shape index (κ3) is 3.10. The maximum Gasteiger partial charge on any atom is 0.239 e. The lowest BCUT2D eigenvalue weighted by atomic mass is 10.0. The predicted octanol–water partition coefficient (Wildman–Crippen LogP) is 2.94. The van der Waals surface area contributed by atoms with Crippen molar-refractivity contribution in [1.29, 1.82) is 0 Å². The summed E-state index contributed by atoms with van der Waals surface area (Å²) in [5, 5.41) is 1.08. The van der Waals surface area contributed by atoms with Crippen LogP contribution in [0.1, 0.15) is 32.1 Å². The van der Waals surface area contributed by atoms with Crippen LogP contribution in [0.25, 0.3) is 11.0 Å². The Kier molecular flexibility index (Phi) is 4.68. The molecule has 2 aromatic rings. The first kappa shape index (κ1) is 15.6. The zero-order valence-corrected chi connectivity index (χ0v) is 13.2. The van der Waals surface area contributed by atoms with Crippen molar-refractivity contribution in [3.05, 3.63) is 35.6 Å². The van der Waals surface area contributed by atoms with Crippen LogP contribution in [-0.4, -0.2) is 23.9 Å². The Morgan fingerprint density at radius 2 is 2.00 bits per heavy atom. The average Bonchev–Trinajstić information content (AvgIpc) is 2.83. The van der Waals surface area contributed by atoms with Gasteiger partial charge in [-0.25, -0.2) is 0 Å². The number of hydrogen-bond donors (Lipinski definition) is 1. The molecule has 0 aliphatic rings. The standard InChI is InChI=1S/C17H24N2O2/c1-5-14-13(12-8-6-7-9-15(12)21-14)10-19(4)17(20)16(18)11(2)3/h6-9,11,16H,5,10,18H2,1-4H3/t16-/m0/s1. The number of furan rings is 1. The second kappa shape index (κ2) is 6.31. The third-order valence-electron chi connectivity index (χ3n) is 3.88. The zero-order valence-electron chi connectivity index (χ0n) is 13.2. The quantitative estimate of drug-likeness (QED) is 0.920. The van der Waals surface area contributed by atoms with Crippen LogP contribution < -0.4 is 5.73 Å². The van der Waals surface area contributed by atoms with Gasteiger partial charge in [0.25, 0.3) is 0 Å². The third-order valence-corrected chi connectivity index (χ3v) is 3.88. The minimum Gasteiger partial charge on any atom is -0.461 e. The van der Waals surface area contributed by atoms with Gasteiger partial charge in [0.15, 0.2) is 0 Å². The Balaban J connectivity index is 2.28. The molecule has 1 aromatic heterocycles. The second-order valence-corrected chi connectivity index (χ2v) is 5.82. The van der Waals surface area contributed by atoms with Gasteiger partial charge in [0.05, 0.1) is 6.04 Å². The average molecular weight is 288 g/mol. The van der Waals surface area contributed by atoms with E-state index in [1.54, 1.807) is 11.9 Å². The summed E-state index contributed by atoms with van der Waals surface area (Å²) >= 11 is 0. The number of hydrogen-bond acceptors (Lipinski definition) is 3. The largest absolute Gasteiger partial charge is 0.461 e. The topological polar surface area (TPSA) is 59.5 Å². The number of carbonyl (C=O) groups excluding carboxylic acids is 1. The van der Waals surface area contributed by atoms with E-state index in [2.05, 4.69) is 6.92 Å². The molecule has 21 heavy (non-hydrogen) atoms. The minimum atomic E-state index is -0.460. The van der Waals surface area contributed by atoms with Gasteiger partial charge in [-0.1, -0.05) is 39.0 Å². The van der Waals surface area contributed by atoms with Crippen LogP contribution in [0.15, 0.2) is 28.7 Å². The van der Waals surface area contributed by atoms with Crippen LogP contribution in [0.5, 0.6) is 0 Å². The Hall–Kier alpha value is -1.81. The number of nitrogens with two attached hydrogens (primary N) is 1. The van der Waals surface area contributed by atoms with Gasteiger partial charge in [-0.2, -0.15) is 0 Å². The molecule has 0 saturated heterocycles. The Labute approximate surface area is 125 Å². The van der Waals surface area contributed by atoms with E-state index in [4.69, 9.17) is 10.2 Å². The second-order valence-electron chi connectivity index (χ2n) is 5.82. The summed E-state index contributed by atoms with van der Waals surface area (Å²) in [6, 6.07) is 7.48. The van der Waals surface area contributed by atoms with Crippen molar-refractivity contribution in [1.82, 2.24) is 4.90 Å². The van der Waals surface area contributed by atoms with E-state index >= 15 is 0 Å². The number of carbonyl (C=O) groups is 1. The maximum atomic E-state index is 12.3. The highest BCUT2D eigenvalue weighted by Crippen LogP contribution is 2.27. The fourth-order valence-electron chi connectivity index (χ4n) is 2.46. The summed E-state index contributed by atoms with van der Waals surface area (Å²) in [4.78, 5) is 14.0. The molecule has 1 amide bonds. The van der Waals surface area contributed by atoms with Crippen LogP contribution in [-0.2, 0) is 17.8 Å². The van der Waals surface area contributed by atoms with Crippen LogP contribution >= 0.6 is 0 Å². The molecule has 0 saturated carbocycles. The number of aryl methyl sites for hydroxylation is 1. The molecule has 0 aliphatic carbocycles. The molecule has 0 radical (unpaired) electrons.